The minimum Gasteiger partial charge on any atom is -0.439 e. The van der Waals surface area contributed by atoms with E-state index in [-0.39, 0.29) is 11.7 Å². The van der Waals surface area contributed by atoms with Crippen molar-refractivity contribution in [3.8, 4) is 0 Å². The normalized spacial score (nSPS) is 25.3. The summed E-state index contributed by atoms with van der Waals surface area (Å²) >= 11 is 1.66. The fraction of sp³-hybridized carbons (Fsp3) is 0.500. The van der Waals surface area contributed by atoms with Crippen molar-refractivity contribution in [1.82, 2.24) is 14.9 Å². The number of nitrogens with zero attached hydrogens (tertiary/aromatic N) is 4. The third kappa shape index (κ3) is 1.95. The number of rotatable bonds is 1. The van der Waals surface area contributed by atoms with Crippen molar-refractivity contribution in [3.63, 3.8) is 0 Å². The van der Waals surface area contributed by atoms with Crippen molar-refractivity contribution < 1.29 is 9.53 Å². The topological polar surface area (TPSA) is 58.6 Å². The molecule has 6 nitrogen and oxygen atoms in total. The Bertz CT molecular complexity index is 731. The largest absolute Gasteiger partial charge is 0.439 e. The van der Waals surface area contributed by atoms with E-state index in [9.17, 15) is 4.79 Å². The summed E-state index contributed by atoms with van der Waals surface area (Å²) in [7, 11) is 1.78. The summed E-state index contributed by atoms with van der Waals surface area (Å²) in [5, 5.41) is 2.04. The molecule has 2 aliphatic heterocycles. The molecule has 0 bridgehead atoms. The van der Waals surface area contributed by atoms with Gasteiger partial charge in [0, 0.05) is 20.0 Å². The molecule has 0 N–H and O–H groups in total. The first-order valence-corrected chi connectivity index (χ1v) is 7.85. The second kappa shape index (κ2) is 4.30. The van der Waals surface area contributed by atoms with Crippen LogP contribution in [0.1, 0.15) is 12.2 Å². The predicted octanol–water partition coefficient (Wildman–Crippen LogP) is 2.03. The van der Waals surface area contributed by atoms with Crippen molar-refractivity contribution in [3.05, 3.63) is 17.3 Å². The molecule has 0 aromatic carbocycles. The van der Waals surface area contributed by atoms with Gasteiger partial charge in [-0.25, -0.2) is 14.8 Å². The van der Waals surface area contributed by atoms with Gasteiger partial charge in [-0.2, -0.15) is 0 Å². The van der Waals surface area contributed by atoms with Crippen LogP contribution in [0.5, 0.6) is 0 Å². The monoisotopic (exact) mass is 304 g/mol. The van der Waals surface area contributed by atoms with Crippen LogP contribution in [0.3, 0.4) is 0 Å². The van der Waals surface area contributed by atoms with E-state index in [2.05, 4.69) is 14.9 Å². The van der Waals surface area contributed by atoms with Crippen molar-refractivity contribution in [2.45, 2.75) is 18.9 Å². The highest BCUT2D eigenvalue weighted by atomic mass is 32.1. The third-order valence-corrected chi connectivity index (χ3v) is 5.05. The molecule has 2 aromatic rings. The third-order valence-electron chi connectivity index (χ3n) is 4.15. The van der Waals surface area contributed by atoms with Gasteiger partial charge in [0.2, 0.25) is 0 Å². The lowest BCUT2D eigenvalue weighted by molar-refractivity contribution is 0.0742. The van der Waals surface area contributed by atoms with Crippen LogP contribution in [-0.2, 0) is 4.74 Å². The number of thiophene rings is 1. The summed E-state index contributed by atoms with van der Waals surface area (Å²) in [5.41, 5.74) is 0.609. The van der Waals surface area contributed by atoms with E-state index in [0.29, 0.717) is 13.1 Å². The second-order valence-corrected chi connectivity index (χ2v) is 6.72. The van der Waals surface area contributed by atoms with E-state index in [1.165, 1.54) is 0 Å². The lowest BCUT2D eigenvalue weighted by Gasteiger charge is -2.22. The van der Waals surface area contributed by atoms with Crippen LogP contribution in [0.2, 0.25) is 0 Å². The van der Waals surface area contributed by atoms with Crippen LogP contribution >= 0.6 is 11.3 Å². The maximum Gasteiger partial charge on any atom is 0.410 e. The molecule has 1 atom stereocenters. The van der Waals surface area contributed by atoms with Gasteiger partial charge in [0.25, 0.3) is 0 Å². The smallest absolute Gasteiger partial charge is 0.410 e. The Morgan fingerprint density at radius 3 is 3.00 bits per heavy atom. The molecular weight excluding hydrogens is 288 g/mol. The van der Waals surface area contributed by atoms with Gasteiger partial charge >= 0.3 is 6.09 Å². The van der Waals surface area contributed by atoms with E-state index in [4.69, 9.17) is 4.74 Å². The number of ether oxygens (including phenoxy) is 1. The molecule has 2 aromatic heterocycles. The van der Waals surface area contributed by atoms with Gasteiger partial charge in [-0.1, -0.05) is 0 Å². The fourth-order valence-corrected chi connectivity index (χ4v) is 4.05. The number of carbonyl (C=O) groups is 1. The SMILES string of the molecule is Cc1nc(N2CCC3(CN(C)C(=O)O3)C2)c2sccc2n1. The van der Waals surface area contributed by atoms with Gasteiger partial charge in [-0.15, -0.1) is 11.3 Å². The molecule has 4 heterocycles. The van der Waals surface area contributed by atoms with Crippen LogP contribution < -0.4 is 4.90 Å². The first kappa shape index (κ1) is 12.8. The minimum absolute atomic E-state index is 0.225. The number of aryl methyl sites for hydroxylation is 1. The van der Waals surface area contributed by atoms with Gasteiger partial charge in [0.1, 0.15) is 11.6 Å². The maximum atomic E-state index is 11.7. The van der Waals surface area contributed by atoms with E-state index in [0.717, 1.165) is 34.8 Å². The summed E-state index contributed by atoms with van der Waals surface area (Å²) in [4.78, 5) is 24.6. The molecule has 1 unspecified atom stereocenters. The maximum absolute atomic E-state index is 11.7. The molecule has 0 radical (unpaired) electrons. The number of likely N-dealkylation sites (N-methyl/N-ethyl adjacent to an activating group) is 1. The minimum atomic E-state index is -0.381. The lowest BCUT2D eigenvalue weighted by atomic mass is 10.0. The highest BCUT2D eigenvalue weighted by Gasteiger charge is 2.49. The molecule has 2 aliphatic rings. The molecule has 4 rings (SSSR count). The Balaban J connectivity index is 1.69. The second-order valence-electron chi connectivity index (χ2n) is 5.81. The Morgan fingerprint density at radius 2 is 2.24 bits per heavy atom. The van der Waals surface area contributed by atoms with Gasteiger partial charge in [0.05, 0.1) is 23.3 Å². The summed E-state index contributed by atoms with van der Waals surface area (Å²) in [6.07, 6.45) is 0.621. The highest BCUT2D eigenvalue weighted by Crippen LogP contribution is 2.37. The van der Waals surface area contributed by atoms with Gasteiger partial charge in [-0.3, -0.25) is 0 Å². The number of fused-ring (bicyclic) bond motifs is 1. The number of aromatic nitrogens is 2. The van der Waals surface area contributed by atoms with Crippen LogP contribution in [0.4, 0.5) is 10.6 Å². The zero-order valence-electron chi connectivity index (χ0n) is 12.0. The Morgan fingerprint density at radius 1 is 1.38 bits per heavy atom. The molecule has 2 saturated heterocycles. The molecule has 1 spiro atoms. The number of anilines is 1. The molecule has 21 heavy (non-hydrogen) atoms. The number of hydrogen-bond donors (Lipinski definition) is 0. The summed E-state index contributed by atoms with van der Waals surface area (Å²) in [6, 6.07) is 2.02. The van der Waals surface area contributed by atoms with Crippen LogP contribution in [0.25, 0.3) is 10.2 Å². The molecule has 2 fully saturated rings. The van der Waals surface area contributed by atoms with E-state index in [1.54, 1.807) is 23.3 Å². The number of amides is 1. The average Bonchev–Trinajstić information content (AvgIpc) is 3.10. The molecule has 1 amide bonds. The van der Waals surface area contributed by atoms with Gasteiger partial charge < -0.3 is 14.5 Å². The average molecular weight is 304 g/mol. The van der Waals surface area contributed by atoms with E-state index >= 15 is 0 Å². The van der Waals surface area contributed by atoms with Crippen molar-refractivity contribution in [2.75, 3.05) is 31.6 Å². The zero-order chi connectivity index (χ0) is 14.6. The zero-order valence-corrected chi connectivity index (χ0v) is 12.8. The standard InChI is InChI=1S/C14H16N4O2S/c1-9-15-10-3-6-21-11(10)12(16-9)18-5-4-14(8-18)7-17(2)13(19)20-14/h3,6H,4-5,7-8H2,1-2H3. The van der Waals surface area contributed by atoms with Crippen LogP contribution in [0, 0.1) is 6.92 Å². The number of hydrogen-bond acceptors (Lipinski definition) is 6. The lowest BCUT2D eigenvalue weighted by Crippen LogP contribution is -2.37. The predicted molar refractivity (Wildman–Crippen MR) is 80.8 cm³/mol. The fourth-order valence-electron chi connectivity index (χ4n) is 3.21. The Labute approximate surface area is 126 Å². The van der Waals surface area contributed by atoms with Gasteiger partial charge in [-0.05, 0) is 18.4 Å². The summed E-state index contributed by atoms with van der Waals surface area (Å²) < 4.78 is 6.71. The van der Waals surface area contributed by atoms with Crippen LogP contribution in [0.15, 0.2) is 11.4 Å². The Kier molecular flexibility index (Phi) is 2.63. The molecule has 0 aliphatic carbocycles. The first-order chi connectivity index (χ1) is 10.1. The molecule has 110 valence electrons. The quantitative estimate of drug-likeness (QED) is 0.807. The molecule has 7 heteroatoms. The molecule has 0 saturated carbocycles. The van der Waals surface area contributed by atoms with E-state index in [1.807, 2.05) is 18.4 Å². The number of carbonyl (C=O) groups excluding carboxylic acids is 1. The van der Waals surface area contributed by atoms with Crippen molar-refractivity contribution >= 4 is 33.5 Å². The summed E-state index contributed by atoms with van der Waals surface area (Å²) in [6.45, 7) is 4.12. The first-order valence-electron chi connectivity index (χ1n) is 6.97. The summed E-state index contributed by atoms with van der Waals surface area (Å²) in [5.74, 6) is 1.74. The van der Waals surface area contributed by atoms with Crippen molar-refractivity contribution in [1.29, 1.82) is 0 Å². The highest BCUT2D eigenvalue weighted by molar-refractivity contribution is 7.17. The van der Waals surface area contributed by atoms with Gasteiger partial charge in [0.15, 0.2) is 5.60 Å². The van der Waals surface area contributed by atoms with Crippen LogP contribution in [-0.4, -0.2) is 53.2 Å². The van der Waals surface area contributed by atoms with E-state index < -0.39 is 0 Å². The Hall–Kier alpha value is -1.89. The van der Waals surface area contributed by atoms with Crippen molar-refractivity contribution in [2.24, 2.45) is 0 Å². The molecular formula is C14H16N4O2S.